The molecule has 6 heteroatoms. The van der Waals surface area contributed by atoms with E-state index in [1.165, 1.54) is 32.4 Å². The molecule has 2 heterocycles. The van der Waals surface area contributed by atoms with Crippen LogP contribution in [-0.2, 0) is 9.47 Å². The zero-order chi connectivity index (χ0) is 17.0. The van der Waals surface area contributed by atoms with E-state index in [1.807, 2.05) is 0 Å². The molecule has 2 N–H and O–H groups in total. The van der Waals surface area contributed by atoms with Gasteiger partial charge in [0.1, 0.15) is 0 Å². The van der Waals surface area contributed by atoms with Crippen LogP contribution in [0.4, 0.5) is 0 Å². The number of hydrogen-bond acceptors (Lipinski definition) is 4. The summed E-state index contributed by atoms with van der Waals surface area (Å²) in [5.74, 6) is 0.930. The van der Waals surface area contributed by atoms with Crippen LogP contribution in [0.2, 0.25) is 0 Å². The zero-order valence-corrected chi connectivity index (χ0v) is 15.6. The Hall–Kier alpha value is -0.850. The molecule has 2 atom stereocenters. The molecule has 0 radical (unpaired) electrons. The molecule has 2 rings (SSSR count). The molecule has 24 heavy (non-hydrogen) atoms. The maximum Gasteiger partial charge on any atom is 0.191 e. The second kappa shape index (κ2) is 11.7. The van der Waals surface area contributed by atoms with Crippen molar-refractivity contribution in [3.05, 3.63) is 0 Å². The van der Waals surface area contributed by atoms with Crippen molar-refractivity contribution in [3.63, 3.8) is 0 Å². The third-order valence-corrected chi connectivity index (χ3v) is 4.79. The van der Waals surface area contributed by atoms with Crippen molar-refractivity contribution in [2.24, 2.45) is 4.99 Å². The van der Waals surface area contributed by atoms with Crippen molar-refractivity contribution in [1.29, 1.82) is 0 Å². The molecule has 0 bridgehead atoms. The van der Waals surface area contributed by atoms with Gasteiger partial charge in [-0.1, -0.05) is 6.92 Å². The van der Waals surface area contributed by atoms with E-state index >= 15 is 0 Å². The van der Waals surface area contributed by atoms with Crippen LogP contribution in [0.15, 0.2) is 4.99 Å². The average molecular weight is 341 g/mol. The number of ether oxygens (including phenoxy) is 2. The van der Waals surface area contributed by atoms with Gasteiger partial charge in [-0.3, -0.25) is 9.89 Å². The van der Waals surface area contributed by atoms with Gasteiger partial charge in [0.05, 0.1) is 19.3 Å². The van der Waals surface area contributed by atoms with Crippen molar-refractivity contribution < 1.29 is 9.47 Å². The molecule has 0 aliphatic carbocycles. The Kier molecular flexibility index (Phi) is 9.46. The summed E-state index contributed by atoms with van der Waals surface area (Å²) in [4.78, 5) is 7.38. The highest BCUT2D eigenvalue weighted by Crippen LogP contribution is 2.14. The Bertz CT molecular complexity index is 353. The number of guanidine groups is 1. The molecule has 0 aromatic rings. The van der Waals surface area contributed by atoms with Gasteiger partial charge >= 0.3 is 0 Å². The van der Waals surface area contributed by atoms with E-state index in [2.05, 4.69) is 29.4 Å². The molecule has 2 unspecified atom stereocenters. The first-order valence-electron chi connectivity index (χ1n) is 9.79. The van der Waals surface area contributed by atoms with Gasteiger partial charge in [-0.2, -0.15) is 0 Å². The number of nitrogens with zero attached hydrogens (tertiary/aromatic N) is 2. The van der Waals surface area contributed by atoms with E-state index in [-0.39, 0.29) is 0 Å². The maximum atomic E-state index is 5.80. The molecule has 6 nitrogen and oxygen atoms in total. The van der Waals surface area contributed by atoms with Crippen molar-refractivity contribution in [3.8, 4) is 0 Å². The molecule has 0 aromatic heterocycles. The van der Waals surface area contributed by atoms with Crippen molar-refractivity contribution >= 4 is 5.96 Å². The predicted octanol–water partition coefficient (Wildman–Crippen LogP) is 1.61. The van der Waals surface area contributed by atoms with Gasteiger partial charge < -0.3 is 20.1 Å². The molecular formula is C18H36N4O2. The standard InChI is InChI=1S/C18H36N4O2/c1-3-16(22-10-5-6-11-22)14-21-18(19-4-2)20-9-7-12-24-17-8-13-23-15-17/h16-17H,3-15H2,1-2H3,(H2,19,20,21). The molecule has 2 fully saturated rings. The molecule has 0 aromatic carbocycles. The van der Waals surface area contributed by atoms with Crippen molar-refractivity contribution in [2.45, 2.75) is 58.1 Å². The SMILES string of the molecule is CCNC(=NCC(CC)N1CCCC1)NCCCOC1CCOC1. The summed E-state index contributed by atoms with van der Waals surface area (Å²) in [6.07, 6.45) is 6.17. The Labute approximate surface area is 147 Å². The minimum atomic E-state index is 0.303. The zero-order valence-electron chi connectivity index (χ0n) is 15.6. The number of rotatable bonds is 10. The summed E-state index contributed by atoms with van der Waals surface area (Å²) < 4.78 is 11.1. The quantitative estimate of drug-likeness (QED) is 0.359. The van der Waals surface area contributed by atoms with Crippen LogP contribution in [0.5, 0.6) is 0 Å². The van der Waals surface area contributed by atoms with E-state index in [9.17, 15) is 0 Å². The molecular weight excluding hydrogens is 304 g/mol. The van der Waals surface area contributed by atoms with Crippen LogP contribution < -0.4 is 10.6 Å². The molecule has 2 aliphatic heterocycles. The van der Waals surface area contributed by atoms with E-state index in [4.69, 9.17) is 14.5 Å². The summed E-state index contributed by atoms with van der Waals surface area (Å²) >= 11 is 0. The number of likely N-dealkylation sites (tertiary alicyclic amines) is 1. The van der Waals surface area contributed by atoms with Crippen molar-refractivity contribution in [1.82, 2.24) is 15.5 Å². The fourth-order valence-electron chi connectivity index (χ4n) is 3.32. The highest BCUT2D eigenvalue weighted by molar-refractivity contribution is 5.79. The minimum absolute atomic E-state index is 0.303. The summed E-state index contributed by atoms with van der Waals surface area (Å²) in [7, 11) is 0. The van der Waals surface area contributed by atoms with Crippen molar-refractivity contribution in [2.75, 3.05) is 52.5 Å². The fourth-order valence-corrected chi connectivity index (χ4v) is 3.32. The lowest BCUT2D eigenvalue weighted by molar-refractivity contribution is 0.0420. The average Bonchev–Trinajstić information content (AvgIpc) is 3.28. The molecule has 140 valence electrons. The van der Waals surface area contributed by atoms with Crippen LogP contribution in [0.1, 0.15) is 46.0 Å². The number of nitrogens with one attached hydrogen (secondary N) is 2. The van der Waals surface area contributed by atoms with Crippen LogP contribution in [0, 0.1) is 0 Å². The Morgan fingerprint density at radius 2 is 2.12 bits per heavy atom. The molecule has 2 saturated heterocycles. The fraction of sp³-hybridized carbons (Fsp3) is 0.944. The smallest absolute Gasteiger partial charge is 0.191 e. The first kappa shape index (κ1) is 19.5. The molecule has 0 amide bonds. The topological polar surface area (TPSA) is 58.1 Å². The largest absolute Gasteiger partial charge is 0.379 e. The van der Waals surface area contributed by atoms with Gasteiger partial charge in [0.2, 0.25) is 0 Å². The van der Waals surface area contributed by atoms with Gasteiger partial charge in [-0.15, -0.1) is 0 Å². The van der Waals surface area contributed by atoms with E-state index < -0.39 is 0 Å². The summed E-state index contributed by atoms with van der Waals surface area (Å²) in [6, 6.07) is 0.577. The van der Waals surface area contributed by atoms with E-state index in [0.717, 1.165) is 58.3 Å². The van der Waals surface area contributed by atoms with Gasteiger partial charge in [0, 0.05) is 32.3 Å². The molecule has 2 aliphatic rings. The van der Waals surface area contributed by atoms with Crippen LogP contribution >= 0.6 is 0 Å². The van der Waals surface area contributed by atoms with Gasteiger partial charge in [0.15, 0.2) is 5.96 Å². The van der Waals surface area contributed by atoms with Crippen LogP contribution in [0.25, 0.3) is 0 Å². The summed E-state index contributed by atoms with van der Waals surface area (Å²) in [5.41, 5.74) is 0. The van der Waals surface area contributed by atoms with Crippen LogP contribution in [-0.4, -0.2) is 75.5 Å². The van der Waals surface area contributed by atoms with E-state index in [0.29, 0.717) is 12.1 Å². The Morgan fingerprint density at radius 3 is 2.79 bits per heavy atom. The number of hydrogen-bond donors (Lipinski definition) is 2. The number of aliphatic imine (C=N–C) groups is 1. The summed E-state index contributed by atoms with van der Waals surface area (Å²) in [6.45, 7) is 11.9. The summed E-state index contributed by atoms with van der Waals surface area (Å²) in [5, 5.41) is 6.77. The second-order valence-electron chi connectivity index (χ2n) is 6.66. The minimum Gasteiger partial charge on any atom is -0.379 e. The highest BCUT2D eigenvalue weighted by atomic mass is 16.5. The van der Waals surface area contributed by atoms with E-state index in [1.54, 1.807) is 0 Å². The highest BCUT2D eigenvalue weighted by Gasteiger charge is 2.20. The maximum absolute atomic E-state index is 5.80. The molecule has 0 spiro atoms. The third-order valence-electron chi connectivity index (χ3n) is 4.79. The Morgan fingerprint density at radius 1 is 1.29 bits per heavy atom. The monoisotopic (exact) mass is 340 g/mol. The first-order chi connectivity index (χ1) is 11.8. The third kappa shape index (κ3) is 6.95. The van der Waals surface area contributed by atoms with Crippen LogP contribution in [0.3, 0.4) is 0 Å². The van der Waals surface area contributed by atoms with Gasteiger partial charge in [0.25, 0.3) is 0 Å². The van der Waals surface area contributed by atoms with Gasteiger partial charge in [-0.05, 0) is 52.1 Å². The predicted molar refractivity (Wildman–Crippen MR) is 98.7 cm³/mol. The molecule has 0 saturated carbocycles. The second-order valence-corrected chi connectivity index (χ2v) is 6.66. The normalized spacial score (nSPS) is 23.6. The lowest BCUT2D eigenvalue weighted by Gasteiger charge is -2.25. The first-order valence-corrected chi connectivity index (χ1v) is 9.79. The lowest BCUT2D eigenvalue weighted by atomic mass is 10.2. The van der Waals surface area contributed by atoms with Gasteiger partial charge in [-0.25, -0.2) is 0 Å². The lowest BCUT2D eigenvalue weighted by Crippen LogP contribution is -2.40. The Balaban J connectivity index is 1.65.